The van der Waals surface area contributed by atoms with Crippen molar-refractivity contribution in [2.75, 3.05) is 25.2 Å². The molecular weight excluding hydrogens is 232 g/mol. The van der Waals surface area contributed by atoms with Gasteiger partial charge in [0, 0.05) is 17.9 Å². The second-order valence-corrected chi connectivity index (χ2v) is 6.76. The predicted octanol–water partition coefficient (Wildman–Crippen LogP) is 1.89. The average Bonchev–Trinajstić information content (AvgIpc) is 2.73. The summed E-state index contributed by atoms with van der Waals surface area (Å²) in [6, 6.07) is 0. The van der Waals surface area contributed by atoms with E-state index in [1.54, 1.807) is 0 Å². The molecule has 1 heterocycles. The van der Waals surface area contributed by atoms with Crippen LogP contribution in [0.2, 0.25) is 0 Å². The highest BCUT2D eigenvalue weighted by atomic mass is 32.2. The Bertz CT molecular complexity index is 203. The Labute approximate surface area is 99.3 Å². The zero-order valence-corrected chi connectivity index (χ0v) is 10.7. The second-order valence-electron chi connectivity index (χ2n) is 3.55. The maximum absolute atomic E-state index is 10.9. The fourth-order valence-electron chi connectivity index (χ4n) is 1.58. The van der Waals surface area contributed by atoms with Crippen LogP contribution in [0.5, 0.6) is 0 Å². The molecular formula is C10H18O3S2. The molecule has 1 N–H and O–H groups in total. The molecule has 3 nitrogen and oxygen atoms in total. The summed E-state index contributed by atoms with van der Waals surface area (Å²) in [4.78, 5) is 10.9. The highest BCUT2D eigenvalue weighted by Gasteiger charge is 2.34. The van der Waals surface area contributed by atoms with Gasteiger partial charge in [0.1, 0.15) is 0 Å². The molecule has 0 amide bonds. The molecule has 0 bridgehead atoms. The van der Waals surface area contributed by atoms with E-state index in [1.807, 2.05) is 23.5 Å². The van der Waals surface area contributed by atoms with E-state index in [9.17, 15) is 9.90 Å². The van der Waals surface area contributed by atoms with Gasteiger partial charge in [0.25, 0.3) is 0 Å². The first-order chi connectivity index (χ1) is 7.22. The normalized spacial score (nSPS) is 19.1. The lowest BCUT2D eigenvalue weighted by molar-refractivity contribution is -0.140. The Morgan fingerprint density at radius 3 is 2.60 bits per heavy atom. The number of carbonyl (C=O) groups is 1. The number of hydrogen-bond acceptors (Lipinski definition) is 5. The first-order valence-corrected chi connectivity index (χ1v) is 7.15. The minimum atomic E-state index is -0.139. The Balaban J connectivity index is 2.15. The fourth-order valence-corrected chi connectivity index (χ4v) is 4.58. The quantitative estimate of drug-likeness (QED) is 0.576. The number of hydrogen-bond donors (Lipinski definition) is 1. The summed E-state index contributed by atoms with van der Waals surface area (Å²) in [5.74, 6) is 2.12. The molecule has 1 saturated heterocycles. The van der Waals surface area contributed by atoms with Crippen LogP contribution in [0.25, 0.3) is 0 Å². The van der Waals surface area contributed by atoms with Gasteiger partial charge < -0.3 is 9.84 Å². The summed E-state index contributed by atoms with van der Waals surface area (Å²) in [5, 5.41) is 9.34. The molecule has 0 spiro atoms. The van der Waals surface area contributed by atoms with Gasteiger partial charge in [-0.2, -0.15) is 0 Å². The molecule has 0 aromatic heterocycles. The number of esters is 1. The van der Waals surface area contributed by atoms with E-state index in [0.29, 0.717) is 6.42 Å². The lowest BCUT2D eigenvalue weighted by atomic mass is 10.1. The summed E-state index contributed by atoms with van der Waals surface area (Å²) < 4.78 is 4.59. The lowest BCUT2D eigenvalue weighted by Gasteiger charge is -2.24. The summed E-state index contributed by atoms with van der Waals surface area (Å²) in [5.41, 5.74) is 0. The third kappa shape index (κ3) is 4.25. The molecule has 15 heavy (non-hydrogen) atoms. The van der Waals surface area contributed by atoms with Gasteiger partial charge in [-0.15, -0.1) is 23.5 Å². The Morgan fingerprint density at radius 2 is 2.07 bits per heavy atom. The molecule has 1 fully saturated rings. The van der Waals surface area contributed by atoms with Crippen molar-refractivity contribution in [2.45, 2.75) is 29.8 Å². The lowest BCUT2D eigenvalue weighted by Crippen LogP contribution is -2.22. The van der Waals surface area contributed by atoms with E-state index in [-0.39, 0.29) is 16.7 Å². The van der Waals surface area contributed by atoms with Gasteiger partial charge in [-0.25, -0.2) is 0 Å². The van der Waals surface area contributed by atoms with Gasteiger partial charge in [0.2, 0.25) is 0 Å². The molecule has 0 atom stereocenters. The highest BCUT2D eigenvalue weighted by Crippen LogP contribution is 2.46. The number of aliphatic hydroxyl groups excluding tert-OH is 1. The van der Waals surface area contributed by atoms with E-state index in [1.165, 1.54) is 7.11 Å². The van der Waals surface area contributed by atoms with Crippen LogP contribution in [0.15, 0.2) is 0 Å². The average molecular weight is 250 g/mol. The van der Waals surface area contributed by atoms with E-state index < -0.39 is 0 Å². The van der Waals surface area contributed by atoms with Crippen molar-refractivity contribution in [2.24, 2.45) is 0 Å². The summed E-state index contributed by atoms with van der Waals surface area (Å²) in [7, 11) is 1.42. The molecule has 0 saturated carbocycles. The monoisotopic (exact) mass is 250 g/mol. The van der Waals surface area contributed by atoms with Crippen LogP contribution in [-0.2, 0) is 9.53 Å². The van der Waals surface area contributed by atoms with Crippen molar-refractivity contribution in [1.29, 1.82) is 0 Å². The maximum Gasteiger partial charge on any atom is 0.305 e. The van der Waals surface area contributed by atoms with E-state index in [0.717, 1.165) is 30.8 Å². The SMILES string of the molecule is COC(=O)CCCCC1(CO)SCCS1. The van der Waals surface area contributed by atoms with Crippen LogP contribution in [0.1, 0.15) is 25.7 Å². The number of aliphatic hydroxyl groups is 1. The molecule has 1 rings (SSSR count). The van der Waals surface area contributed by atoms with Gasteiger partial charge in [-0.3, -0.25) is 4.79 Å². The van der Waals surface area contributed by atoms with Crippen molar-refractivity contribution >= 4 is 29.5 Å². The summed E-state index contributed by atoms with van der Waals surface area (Å²) in [6.07, 6.45) is 3.31. The van der Waals surface area contributed by atoms with Crippen LogP contribution in [0.3, 0.4) is 0 Å². The third-order valence-corrected chi connectivity index (χ3v) is 5.97. The molecule has 0 radical (unpaired) electrons. The van der Waals surface area contributed by atoms with Crippen molar-refractivity contribution < 1.29 is 14.6 Å². The van der Waals surface area contributed by atoms with E-state index >= 15 is 0 Å². The molecule has 0 aromatic rings. The van der Waals surface area contributed by atoms with E-state index in [4.69, 9.17) is 0 Å². The molecule has 88 valence electrons. The Morgan fingerprint density at radius 1 is 1.40 bits per heavy atom. The van der Waals surface area contributed by atoms with Crippen molar-refractivity contribution in [3.8, 4) is 0 Å². The summed E-state index contributed by atoms with van der Waals surface area (Å²) >= 11 is 3.70. The zero-order chi connectivity index (χ0) is 11.1. The Kier molecular flexibility index (Phi) is 5.86. The molecule has 5 heteroatoms. The number of carbonyl (C=O) groups excluding carboxylic acids is 1. The third-order valence-electron chi connectivity index (χ3n) is 2.47. The smallest absolute Gasteiger partial charge is 0.305 e. The number of thioether (sulfide) groups is 2. The van der Waals surface area contributed by atoms with Gasteiger partial charge in [-0.05, 0) is 12.8 Å². The molecule has 0 aliphatic carbocycles. The van der Waals surface area contributed by atoms with Gasteiger partial charge in [0.15, 0.2) is 0 Å². The maximum atomic E-state index is 10.9. The van der Waals surface area contributed by atoms with Crippen LogP contribution in [-0.4, -0.2) is 40.4 Å². The fraction of sp³-hybridized carbons (Fsp3) is 0.900. The van der Waals surface area contributed by atoms with Crippen molar-refractivity contribution in [3.05, 3.63) is 0 Å². The second kappa shape index (κ2) is 6.66. The van der Waals surface area contributed by atoms with E-state index in [2.05, 4.69) is 4.74 Å². The van der Waals surface area contributed by atoms with Gasteiger partial charge in [0.05, 0.1) is 17.8 Å². The number of rotatable bonds is 6. The summed E-state index contributed by atoms with van der Waals surface area (Å²) in [6.45, 7) is 0.237. The van der Waals surface area contributed by atoms with Crippen LogP contribution in [0, 0.1) is 0 Å². The number of methoxy groups -OCH3 is 1. The van der Waals surface area contributed by atoms with Gasteiger partial charge >= 0.3 is 5.97 Å². The predicted molar refractivity (Wildman–Crippen MR) is 65.2 cm³/mol. The largest absolute Gasteiger partial charge is 0.469 e. The molecule has 1 aliphatic rings. The number of unbranched alkanes of at least 4 members (excludes halogenated alkanes) is 1. The molecule has 1 aliphatic heterocycles. The van der Waals surface area contributed by atoms with Crippen LogP contribution >= 0.6 is 23.5 Å². The van der Waals surface area contributed by atoms with Crippen LogP contribution < -0.4 is 0 Å². The van der Waals surface area contributed by atoms with Crippen molar-refractivity contribution in [1.82, 2.24) is 0 Å². The van der Waals surface area contributed by atoms with Gasteiger partial charge in [-0.1, -0.05) is 6.42 Å². The minimum Gasteiger partial charge on any atom is -0.469 e. The molecule has 0 unspecified atom stereocenters. The zero-order valence-electron chi connectivity index (χ0n) is 9.03. The topological polar surface area (TPSA) is 46.5 Å². The first-order valence-electron chi connectivity index (χ1n) is 5.18. The minimum absolute atomic E-state index is 0.0100. The number of ether oxygens (including phenoxy) is 1. The van der Waals surface area contributed by atoms with Crippen molar-refractivity contribution in [3.63, 3.8) is 0 Å². The standard InChI is InChI=1S/C10H18O3S2/c1-13-9(12)4-2-3-5-10(8-11)14-6-7-15-10/h11H,2-8H2,1H3. The molecule has 0 aromatic carbocycles. The highest BCUT2D eigenvalue weighted by molar-refractivity contribution is 8.21. The Hall–Kier alpha value is 0.130. The first kappa shape index (κ1) is 13.2. The van der Waals surface area contributed by atoms with Crippen LogP contribution in [0.4, 0.5) is 0 Å².